The Kier molecular flexibility index (Phi) is 20.9. The maximum Gasteiger partial charge on any atom is 0.417 e. The van der Waals surface area contributed by atoms with Gasteiger partial charge in [0.15, 0.2) is 11.6 Å². The minimum absolute atomic E-state index is 0.0396. The highest BCUT2D eigenvalue weighted by molar-refractivity contribution is 6.33. The third-order valence-corrected chi connectivity index (χ3v) is 14.0. The van der Waals surface area contributed by atoms with Gasteiger partial charge >= 0.3 is 18.1 Å². The summed E-state index contributed by atoms with van der Waals surface area (Å²) < 4.78 is 51.5. The van der Waals surface area contributed by atoms with Crippen molar-refractivity contribution in [1.82, 2.24) is 31.2 Å². The molecule has 0 aliphatic carbocycles. The first-order valence-corrected chi connectivity index (χ1v) is 25.8. The Morgan fingerprint density at radius 1 is 0.844 bits per heavy atom. The smallest absolute Gasteiger partial charge is 0.417 e. The zero-order valence-electron chi connectivity index (χ0n) is 42.7. The van der Waals surface area contributed by atoms with E-state index >= 15 is 0 Å². The van der Waals surface area contributed by atoms with Crippen LogP contribution in [0.5, 0.6) is 0 Å². The van der Waals surface area contributed by atoms with Crippen molar-refractivity contribution in [2.24, 2.45) is 23.2 Å². The van der Waals surface area contributed by atoms with E-state index in [-0.39, 0.29) is 86.7 Å². The van der Waals surface area contributed by atoms with Gasteiger partial charge in [-0.2, -0.15) is 13.2 Å². The molecule has 4 aromatic rings. The van der Waals surface area contributed by atoms with E-state index in [1.807, 2.05) is 0 Å². The number of esters is 2. The van der Waals surface area contributed by atoms with Crippen LogP contribution >= 0.6 is 11.6 Å². The number of rotatable bonds is 27. The van der Waals surface area contributed by atoms with Gasteiger partial charge in [-0.1, -0.05) is 61.0 Å². The highest BCUT2D eigenvalue weighted by Crippen LogP contribution is 2.37. The number of Topliss-reactive ketones (excluding diaryl/α,β-unsaturated/α-hetero) is 2. The molecule has 2 saturated heterocycles. The number of aromatic nitrogens is 2. The average Bonchev–Trinajstić information content (AvgIpc) is 4.26. The molecule has 4 heterocycles. The molecule has 0 spiro atoms. The number of nitrogens with one attached hydrogen (secondary N) is 6. The van der Waals surface area contributed by atoms with Gasteiger partial charge in [-0.15, -0.1) is 12.3 Å². The molecule has 6 atom stereocenters. The van der Waals surface area contributed by atoms with Gasteiger partial charge in [0, 0.05) is 103 Å². The van der Waals surface area contributed by atoms with Crippen LogP contribution in [-0.4, -0.2) is 102 Å². The standard InChI is InChI=1S/C57H62ClF3N6O10/c1-4-9-37(55(75)65-40(14-21-51(71)76-6-3)32-56(34-68)24-26-62-33-56)31-50(70)48-19-17-46(67-48)42-15-12-35(28-44(42)58)23-27-77-52(72)20-13-39(29-38-22-25-63-53(38)73)64-54(74)36(5-2)30-49(69)47-18-16-45(66-47)41-10-7-8-11-43(41)57(59,60)61/h1,7-8,10-21,28,34,36-40,62,66-67H,5-6,9,22-27,29-33H2,2-3H3,(H,63,73)(H,64,74)(H,65,75)/b20-13+,21-14+/t36-,37-,38+,39-,40-,56+/m1/s1. The second-order valence-corrected chi connectivity index (χ2v) is 19.5. The lowest BCUT2D eigenvalue weighted by atomic mass is 9.82. The molecule has 2 aliphatic rings. The number of halogens is 4. The summed E-state index contributed by atoms with van der Waals surface area (Å²) in [5, 5.41) is 12.0. The summed E-state index contributed by atoms with van der Waals surface area (Å²) in [4.78, 5) is 110. The number of terminal acetylenes is 1. The SMILES string of the molecule is C#CC[C@H](CC(=O)c1ccc(-c2ccc(CCOC(=O)/C=C/[C@H](C[C@@H]3CCNC3=O)NC(=O)[C@H](CC)CC(=O)c3ccc(-c4ccccc4C(F)(F)F)[nH]3)cc2Cl)[nH]1)C(=O)N[C@H](/C=C/C(=O)OCC)C[C@@]1(C=O)CCNC1. The molecular formula is C57H62ClF3N6O10. The molecule has 0 radical (unpaired) electrons. The lowest BCUT2D eigenvalue weighted by molar-refractivity contribution is -0.138. The Morgan fingerprint density at radius 2 is 1.48 bits per heavy atom. The van der Waals surface area contributed by atoms with Gasteiger partial charge < -0.3 is 45.5 Å². The van der Waals surface area contributed by atoms with Crippen molar-refractivity contribution < 1.29 is 61.0 Å². The number of carbonyl (C=O) groups excluding carboxylic acids is 8. The number of carbonyl (C=O) groups is 8. The highest BCUT2D eigenvalue weighted by atomic mass is 35.5. The Morgan fingerprint density at radius 3 is 2.08 bits per heavy atom. The fourth-order valence-corrected chi connectivity index (χ4v) is 9.67. The van der Waals surface area contributed by atoms with Gasteiger partial charge in [0.05, 0.1) is 41.1 Å². The van der Waals surface area contributed by atoms with E-state index in [1.165, 1.54) is 48.6 Å². The van der Waals surface area contributed by atoms with Crippen LogP contribution in [0.3, 0.4) is 0 Å². The van der Waals surface area contributed by atoms with Crippen molar-refractivity contribution in [2.45, 2.75) is 89.9 Å². The number of amides is 3. The summed E-state index contributed by atoms with van der Waals surface area (Å²) in [6, 6.07) is 14.7. The van der Waals surface area contributed by atoms with E-state index in [0.29, 0.717) is 48.8 Å². The van der Waals surface area contributed by atoms with E-state index in [1.54, 1.807) is 44.2 Å². The molecule has 6 N–H and O–H groups in total. The number of aldehydes is 1. The lowest BCUT2D eigenvalue weighted by Crippen LogP contribution is -2.43. The molecule has 0 saturated carbocycles. The van der Waals surface area contributed by atoms with Crippen molar-refractivity contribution in [3.8, 4) is 34.9 Å². The topological polar surface area (TPSA) is 235 Å². The predicted octanol–water partition coefficient (Wildman–Crippen LogP) is 7.69. The van der Waals surface area contributed by atoms with Crippen LogP contribution in [0.25, 0.3) is 22.5 Å². The van der Waals surface area contributed by atoms with Crippen LogP contribution in [-0.2, 0) is 50.8 Å². The third-order valence-electron chi connectivity index (χ3n) is 13.6. The van der Waals surface area contributed by atoms with E-state index in [2.05, 4.69) is 37.2 Å². The number of benzene rings is 2. The molecule has 2 fully saturated rings. The number of aromatic amines is 2. The number of ether oxygens (including phenoxy) is 2. The van der Waals surface area contributed by atoms with Gasteiger partial charge in [-0.3, -0.25) is 24.0 Å². The summed E-state index contributed by atoms with van der Waals surface area (Å²) in [6.45, 7) is 4.97. The first-order chi connectivity index (χ1) is 36.8. The number of ketones is 2. The van der Waals surface area contributed by atoms with Crippen LogP contribution in [0.1, 0.15) is 97.3 Å². The second-order valence-electron chi connectivity index (χ2n) is 19.1. The number of H-pyrrole nitrogens is 2. The second kappa shape index (κ2) is 27.5. The summed E-state index contributed by atoms with van der Waals surface area (Å²) in [5.74, 6) is -3.18. The first-order valence-electron chi connectivity index (χ1n) is 25.4. The molecule has 0 unspecified atom stereocenters. The molecule has 2 aliphatic heterocycles. The number of alkyl halides is 3. The normalized spacial score (nSPS) is 18.0. The van der Waals surface area contributed by atoms with Gasteiger partial charge in [-0.25, -0.2) is 9.59 Å². The predicted molar refractivity (Wildman–Crippen MR) is 281 cm³/mol. The maximum absolute atomic E-state index is 13.7. The van der Waals surface area contributed by atoms with Crippen LogP contribution < -0.4 is 21.3 Å². The molecule has 2 aromatic heterocycles. The summed E-state index contributed by atoms with van der Waals surface area (Å²) in [6.07, 6.45) is 8.54. The summed E-state index contributed by atoms with van der Waals surface area (Å²) in [7, 11) is 0. The van der Waals surface area contributed by atoms with Crippen LogP contribution in [0.15, 0.2) is 91.0 Å². The maximum atomic E-state index is 13.7. The summed E-state index contributed by atoms with van der Waals surface area (Å²) in [5.41, 5.74) is 0.407. The van der Waals surface area contributed by atoms with E-state index in [9.17, 15) is 51.5 Å². The molecule has 77 heavy (non-hydrogen) atoms. The Hall–Kier alpha value is -7.56. The van der Waals surface area contributed by atoms with Gasteiger partial charge in [0.25, 0.3) is 0 Å². The van der Waals surface area contributed by atoms with Crippen LogP contribution in [0, 0.1) is 35.5 Å². The van der Waals surface area contributed by atoms with E-state index < -0.39 is 82.3 Å². The third kappa shape index (κ3) is 16.5. The Balaban J connectivity index is 1.02. The Bertz CT molecular complexity index is 2900. The molecule has 3 amide bonds. The molecule has 20 heteroatoms. The average molecular weight is 1080 g/mol. The minimum Gasteiger partial charge on any atom is -0.463 e. The summed E-state index contributed by atoms with van der Waals surface area (Å²) >= 11 is 6.72. The van der Waals surface area contributed by atoms with Crippen molar-refractivity contribution >= 4 is 59.1 Å². The molecule has 2 aromatic carbocycles. The van der Waals surface area contributed by atoms with Crippen molar-refractivity contribution in [3.63, 3.8) is 0 Å². The molecule has 16 nitrogen and oxygen atoms in total. The van der Waals surface area contributed by atoms with Crippen molar-refractivity contribution in [2.75, 3.05) is 32.8 Å². The highest BCUT2D eigenvalue weighted by Gasteiger charge is 2.37. The van der Waals surface area contributed by atoms with Gasteiger partial charge in [-0.05, 0) is 87.5 Å². The minimum atomic E-state index is -4.62. The lowest BCUT2D eigenvalue weighted by Gasteiger charge is -2.27. The quantitative estimate of drug-likeness (QED) is 0.0111. The largest absolute Gasteiger partial charge is 0.463 e. The fourth-order valence-electron chi connectivity index (χ4n) is 9.37. The fraction of sp³-hybridized carbons (Fsp3) is 0.404. The monoisotopic (exact) mass is 1080 g/mol. The molecule has 6 rings (SSSR count). The van der Waals surface area contributed by atoms with Gasteiger partial charge in [0.1, 0.15) is 6.29 Å². The number of hydrogen-bond acceptors (Lipinski definition) is 11. The van der Waals surface area contributed by atoms with Gasteiger partial charge in [0.2, 0.25) is 17.7 Å². The van der Waals surface area contributed by atoms with Crippen molar-refractivity contribution in [1.29, 1.82) is 0 Å². The Labute approximate surface area is 449 Å². The molecule has 408 valence electrons. The van der Waals surface area contributed by atoms with E-state index in [4.69, 9.17) is 27.5 Å². The van der Waals surface area contributed by atoms with Crippen LogP contribution in [0.4, 0.5) is 13.2 Å². The molecule has 0 bridgehead atoms. The first kappa shape index (κ1) is 58.7. The zero-order chi connectivity index (χ0) is 55.7. The van der Waals surface area contributed by atoms with Crippen LogP contribution in [0.2, 0.25) is 5.02 Å². The molecular weight excluding hydrogens is 1020 g/mol. The number of hydrogen-bond donors (Lipinski definition) is 6. The zero-order valence-corrected chi connectivity index (χ0v) is 43.5. The van der Waals surface area contributed by atoms with Crippen molar-refractivity contribution in [3.05, 3.63) is 119 Å². The van der Waals surface area contributed by atoms with E-state index in [0.717, 1.165) is 24.0 Å².